The van der Waals surface area contributed by atoms with Gasteiger partial charge in [-0.1, -0.05) is 26.0 Å². The summed E-state index contributed by atoms with van der Waals surface area (Å²) >= 11 is 0. The molecule has 4 N–H and O–H groups in total. The van der Waals surface area contributed by atoms with E-state index < -0.39 is 0 Å². The van der Waals surface area contributed by atoms with Crippen LogP contribution in [-0.4, -0.2) is 18.4 Å². The van der Waals surface area contributed by atoms with Crippen LogP contribution in [0.25, 0.3) is 0 Å². The Bertz CT molecular complexity index is 444. The fourth-order valence-corrected chi connectivity index (χ4v) is 1.47. The van der Waals surface area contributed by atoms with Crippen LogP contribution in [0.3, 0.4) is 0 Å². The Balaban J connectivity index is 2.57. The number of nitrogens with two attached hydrogens (primary N) is 1. The molecule has 0 aromatic heterocycles. The van der Waals surface area contributed by atoms with Crippen molar-refractivity contribution in [3.8, 4) is 0 Å². The van der Waals surface area contributed by atoms with E-state index in [1.54, 1.807) is 0 Å². The van der Waals surface area contributed by atoms with E-state index in [4.69, 9.17) is 5.73 Å². The Labute approximate surface area is 113 Å². The molecule has 5 heteroatoms. The molecule has 0 spiro atoms. The zero-order chi connectivity index (χ0) is 14.3. The number of hydrogen-bond acceptors (Lipinski definition) is 3. The predicted octanol–water partition coefficient (Wildman–Crippen LogP) is 1.25. The molecular weight excluding hydrogens is 242 g/mol. The standard InChI is InChI=1S/C14H21N3O2/c1-10(2)14(19)17-12-5-3-4-11(8-12)9-16-13(18)6-7-15/h3-5,8,10H,6-7,9,15H2,1-2H3,(H,16,18)(H,17,19). The van der Waals surface area contributed by atoms with Gasteiger partial charge in [0.2, 0.25) is 11.8 Å². The fraction of sp³-hybridized carbons (Fsp3) is 0.429. The molecule has 0 bridgehead atoms. The van der Waals surface area contributed by atoms with Crippen molar-refractivity contribution in [1.82, 2.24) is 5.32 Å². The molecule has 0 saturated carbocycles. The lowest BCUT2D eigenvalue weighted by Gasteiger charge is -2.10. The highest BCUT2D eigenvalue weighted by molar-refractivity contribution is 5.92. The summed E-state index contributed by atoms with van der Waals surface area (Å²) in [6, 6.07) is 7.42. The lowest BCUT2D eigenvalue weighted by molar-refractivity contribution is -0.121. The quantitative estimate of drug-likeness (QED) is 0.722. The third-order valence-electron chi connectivity index (χ3n) is 2.58. The number of carbonyl (C=O) groups excluding carboxylic acids is 2. The third kappa shape index (κ3) is 5.52. The minimum Gasteiger partial charge on any atom is -0.352 e. The van der Waals surface area contributed by atoms with E-state index in [-0.39, 0.29) is 17.7 Å². The first-order valence-electron chi connectivity index (χ1n) is 6.39. The van der Waals surface area contributed by atoms with Crippen molar-refractivity contribution in [2.45, 2.75) is 26.8 Å². The van der Waals surface area contributed by atoms with Crippen molar-refractivity contribution in [1.29, 1.82) is 0 Å². The summed E-state index contributed by atoms with van der Waals surface area (Å²) in [5, 5.41) is 5.59. The summed E-state index contributed by atoms with van der Waals surface area (Å²) in [7, 11) is 0. The summed E-state index contributed by atoms with van der Waals surface area (Å²) in [5.74, 6) is -0.156. The maximum atomic E-state index is 11.6. The Morgan fingerprint density at radius 1 is 1.32 bits per heavy atom. The zero-order valence-corrected chi connectivity index (χ0v) is 11.4. The summed E-state index contributed by atoms with van der Waals surface area (Å²) in [6.07, 6.45) is 0.323. The van der Waals surface area contributed by atoms with Crippen LogP contribution in [0.15, 0.2) is 24.3 Å². The van der Waals surface area contributed by atoms with E-state index in [1.165, 1.54) is 0 Å². The molecule has 0 heterocycles. The molecular formula is C14H21N3O2. The van der Waals surface area contributed by atoms with Crippen LogP contribution in [0.4, 0.5) is 5.69 Å². The normalized spacial score (nSPS) is 10.3. The number of anilines is 1. The molecule has 0 fully saturated rings. The highest BCUT2D eigenvalue weighted by Crippen LogP contribution is 2.11. The minimum atomic E-state index is -0.0703. The second kappa shape index (κ2) is 7.53. The van der Waals surface area contributed by atoms with Gasteiger partial charge in [-0.25, -0.2) is 0 Å². The average Bonchev–Trinajstić information content (AvgIpc) is 2.37. The topological polar surface area (TPSA) is 84.2 Å². The first-order chi connectivity index (χ1) is 9.02. The van der Waals surface area contributed by atoms with Gasteiger partial charge in [0, 0.05) is 31.1 Å². The Morgan fingerprint density at radius 3 is 2.68 bits per heavy atom. The van der Waals surface area contributed by atoms with Gasteiger partial charge in [-0.3, -0.25) is 9.59 Å². The van der Waals surface area contributed by atoms with Gasteiger partial charge in [-0.2, -0.15) is 0 Å². The zero-order valence-electron chi connectivity index (χ0n) is 11.4. The van der Waals surface area contributed by atoms with E-state index in [9.17, 15) is 9.59 Å². The molecule has 19 heavy (non-hydrogen) atoms. The van der Waals surface area contributed by atoms with Gasteiger partial charge in [-0.05, 0) is 17.7 Å². The van der Waals surface area contributed by atoms with Gasteiger partial charge in [0.25, 0.3) is 0 Å². The van der Waals surface area contributed by atoms with E-state index in [0.29, 0.717) is 19.5 Å². The largest absolute Gasteiger partial charge is 0.352 e. The predicted molar refractivity (Wildman–Crippen MR) is 75.4 cm³/mol. The molecule has 1 rings (SSSR count). The van der Waals surface area contributed by atoms with Crippen LogP contribution in [-0.2, 0) is 16.1 Å². The number of carbonyl (C=O) groups is 2. The van der Waals surface area contributed by atoms with Gasteiger partial charge in [0.05, 0.1) is 0 Å². The lowest BCUT2D eigenvalue weighted by Crippen LogP contribution is -2.25. The number of hydrogen-bond donors (Lipinski definition) is 3. The molecule has 0 aliphatic heterocycles. The summed E-state index contributed by atoms with van der Waals surface area (Å²) < 4.78 is 0. The minimum absolute atomic E-state index is 0.0238. The molecule has 0 aliphatic carbocycles. The molecule has 0 atom stereocenters. The highest BCUT2D eigenvalue weighted by atomic mass is 16.2. The Morgan fingerprint density at radius 2 is 2.05 bits per heavy atom. The maximum Gasteiger partial charge on any atom is 0.226 e. The summed E-state index contributed by atoms with van der Waals surface area (Å²) in [5.41, 5.74) is 6.97. The van der Waals surface area contributed by atoms with Gasteiger partial charge >= 0.3 is 0 Å². The first-order valence-corrected chi connectivity index (χ1v) is 6.39. The van der Waals surface area contributed by atoms with E-state index in [1.807, 2.05) is 38.1 Å². The lowest BCUT2D eigenvalue weighted by atomic mass is 10.1. The van der Waals surface area contributed by atoms with Gasteiger partial charge in [0.1, 0.15) is 0 Å². The molecule has 5 nitrogen and oxygen atoms in total. The van der Waals surface area contributed by atoms with Crippen LogP contribution in [0.5, 0.6) is 0 Å². The summed E-state index contributed by atoms with van der Waals surface area (Å²) in [6.45, 7) is 4.46. The maximum absolute atomic E-state index is 11.6. The highest BCUT2D eigenvalue weighted by Gasteiger charge is 2.07. The molecule has 0 saturated heterocycles. The van der Waals surface area contributed by atoms with Crippen molar-refractivity contribution < 1.29 is 9.59 Å². The number of amides is 2. The molecule has 0 radical (unpaired) electrons. The third-order valence-corrected chi connectivity index (χ3v) is 2.58. The van der Waals surface area contributed by atoms with Crippen molar-refractivity contribution in [3.05, 3.63) is 29.8 Å². The average molecular weight is 263 g/mol. The molecule has 104 valence electrons. The molecule has 1 aromatic rings. The number of rotatable bonds is 6. The van der Waals surface area contributed by atoms with Crippen LogP contribution >= 0.6 is 0 Å². The van der Waals surface area contributed by atoms with E-state index in [0.717, 1.165) is 11.3 Å². The molecule has 0 unspecified atom stereocenters. The van der Waals surface area contributed by atoms with E-state index >= 15 is 0 Å². The second-order valence-electron chi connectivity index (χ2n) is 4.66. The smallest absolute Gasteiger partial charge is 0.226 e. The SMILES string of the molecule is CC(C)C(=O)Nc1cccc(CNC(=O)CCN)c1. The van der Waals surface area contributed by atoms with Gasteiger partial charge in [-0.15, -0.1) is 0 Å². The van der Waals surface area contributed by atoms with Crippen LogP contribution in [0, 0.1) is 5.92 Å². The first kappa shape index (κ1) is 15.2. The van der Waals surface area contributed by atoms with Crippen LogP contribution < -0.4 is 16.4 Å². The van der Waals surface area contributed by atoms with Crippen molar-refractivity contribution in [2.75, 3.05) is 11.9 Å². The number of nitrogens with one attached hydrogen (secondary N) is 2. The van der Waals surface area contributed by atoms with Gasteiger partial charge in [0.15, 0.2) is 0 Å². The van der Waals surface area contributed by atoms with Crippen molar-refractivity contribution in [3.63, 3.8) is 0 Å². The van der Waals surface area contributed by atoms with Crippen molar-refractivity contribution in [2.24, 2.45) is 11.7 Å². The second-order valence-corrected chi connectivity index (χ2v) is 4.66. The molecule has 0 aliphatic rings. The summed E-state index contributed by atoms with van der Waals surface area (Å²) in [4.78, 5) is 22.9. The molecule has 1 aromatic carbocycles. The Hall–Kier alpha value is -1.88. The van der Waals surface area contributed by atoms with Crippen LogP contribution in [0.1, 0.15) is 25.8 Å². The van der Waals surface area contributed by atoms with Crippen LogP contribution in [0.2, 0.25) is 0 Å². The fourth-order valence-electron chi connectivity index (χ4n) is 1.47. The van der Waals surface area contributed by atoms with Gasteiger partial charge < -0.3 is 16.4 Å². The monoisotopic (exact) mass is 263 g/mol. The van der Waals surface area contributed by atoms with E-state index in [2.05, 4.69) is 10.6 Å². The van der Waals surface area contributed by atoms with Crippen molar-refractivity contribution >= 4 is 17.5 Å². The molecule has 2 amide bonds. The Kier molecular flexibility index (Phi) is 6.02. The number of benzene rings is 1.